The molecule has 0 atom stereocenters. The molecule has 14 heavy (non-hydrogen) atoms. The van der Waals surface area contributed by atoms with E-state index >= 15 is 0 Å². The summed E-state index contributed by atoms with van der Waals surface area (Å²) in [6.07, 6.45) is 3.61. The van der Waals surface area contributed by atoms with Gasteiger partial charge in [0, 0.05) is 19.9 Å². The predicted molar refractivity (Wildman–Crippen MR) is 52.6 cm³/mol. The van der Waals surface area contributed by atoms with Gasteiger partial charge < -0.3 is 4.79 Å². The van der Waals surface area contributed by atoms with Crippen LogP contribution in [-0.2, 0) is 14.4 Å². The zero-order valence-electron chi connectivity index (χ0n) is 8.78. The predicted octanol–water partition coefficient (Wildman–Crippen LogP) is 1.14. The van der Waals surface area contributed by atoms with Crippen molar-refractivity contribution < 1.29 is 14.4 Å². The van der Waals surface area contributed by atoms with Crippen molar-refractivity contribution in [2.75, 3.05) is 6.54 Å². The van der Waals surface area contributed by atoms with Crippen molar-refractivity contribution in [3.8, 4) is 0 Å². The Hall–Kier alpha value is -1.19. The highest BCUT2D eigenvalue weighted by atomic mass is 16.2. The van der Waals surface area contributed by atoms with Crippen LogP contribution in [-0.4, -0.2) is 29.5 Å². The smallest absolute Gasteiger partial charge is 0.225 e. The lowest BCUT2D eigenvalue weighted by Crippen LogP contribution is -2.27. The molecule has 0 spiro atoms. The second-order valence-electron chi connectivity index (χ2n) is 3.33. The molecular weight excluding hydrogens is 182 g/mol. The first kappa shape index (κ1) is 12.8. The lowest BCUT2D eigenvalue weighted by atomic mass is 10.1. The summed E-state index contributed by atoms with van der Waals surface area (Å²) in [5.74, 6) is -0.0459. The van der Waals surface area contributed by atoms with E-state index in [1.807, 2.05) is 0 Å². The third kappa shape index (κ3) is 6.34. The lowest BCUT2D eigenvalue weighted by Gasteiger charge is -2.11. The summed E-state index contributed by atoms with van der Waals surface area (Å²) in [5, 5.41) is 0. The van der Waals surface area contributed by atoms with E-state index in [1.54, 1.807) is 6.92 Å². The number of Topliss-reactive ketones (excluding diaryl/α,β-unsaturated/α-hetero) is 1. The Balaban J connectivity index is 3.47. The van der Waals surface area contributed by atoms with E-state index in [4.69, 9.17) is 0 Å². The van der Waals surface area contributed by atoms with Crippen LogP contribution >= 0.6 is 0 Å². The largest absolute Gasteiger partial charge is 0.300 e. The molecule has 80 valence electrons. The highest BCUT2D eigenvalue weighted by Gasteiger charge is 2.05. The minimum Gasteiger partial charge on any atom is -0.300 e. The molecule has 0 aromatic rings. The molecule has 0 fully saturated rings. The Kier molecular flexibility index (Phi) is 6.62. The van der Waals surface area contributed by atoms with Crippen molar-refractivity contribution in [2.24, 2.45) is 0 Å². The molecule has 2 amide bonds. The van der Waals surface area contributed by atoms with Gasteiger partial charge in [0.25, 0.3) is 0 Å². The summed E-state index contributed by atoms with van der Waals surface area (Å²) < 4.78 is 0. The molecule has 4 nitrogen and oxygen atoms in total. The van der Waals surface area contributed by atoms with Gasteiger partial charge in [-0.2, -0.15) is 0 Å². The maximum Gasteiger partial charge on any atom is 0.225 e. The van der Waals surface area contributed by atoms with E-state index in [2.05, 4.69) is 0 Å². The van der Waals surface area contributed by atoms with Gasteiger partial charge in [-0.3, -0.25) is 14.5 Å². The van der Waals surface area contributed by atoms with Crippen LogP contribution in [0.5, 0.6) is 0 Å². The summed E-state index contributed by atoms with van der Waals surface area (Å²) >= 11 is 0. The van der Waals surface area contributed by atoms with Gasteiger partial charge >= 0.3 is 0 Å². The fourth-order valence-electron chi connectivity index (χ4n) is 1.12. The number of hydrogen-bond acceptors (Lipinski definition) is 3. The minimum absolute atomic E-state index is 0.184. The molecule has 0 rings (SSSR count). The lowest BCUT2D eigenvalue weighted by molar-refractivity contribution is -0.136. The fraction of sp³-hybridized carbons (Fsp3) is 0.700. The van der Waals surface area contributed by atoms with Crippen LogP contribution in [0.25, 0.3) is 0 Å². The summed E-state index contributed by atoms with van der Waals surface area (Å²) in [5.41, 5.74) is 0. The molecule has 0 aliphatic rings. The van der Waals surface area contributed by atoms with Crippen molar-refractivity contribution in [1.82, 2.24) is 4.90 Å². The number of unbranched alkanes of at least 4 members (excludes halogenated alkanes) is 2. The van der Waals surface area contributed by atoms with Crippen molar-refractivity contribution in [3.05, 3.63) is 0 Å². The van der Waals surface area contributed by atoms with E-state index < -0.39 is 0 Å². The van der Waals surface area contributed by atoms with Gasteiger partial charge in [0.1, 0.15) is 5.78 Å². The van der Waals surface area contributed by atoms with Crippen LogP contribution in [0.1, 0.15) is 39.5 Å². The topological polar surface area (TPSA) is 54.5 Å². The minimum atomic E-state index is -0.230. The molecule has 0 heterocycles. The third-order valence-electron chi connectivity index (χ3n) is 1.96. The molecule has 0 bridgehead atoms. The molecular formula is C10H17NO3. The maximum atomic E-state index is 10.8. The molecule has 0 aliphatic heterocycles. The van der Waals surface area contributed by atoms with Crippen molar-refractivity contribution in [2.45, 2.75) is 39.5 Å². The van der Waals surface area contributed by atoms with E-state index in [1.165, 1.54) is 6.92 Å². The third-order valence-corrected chi connectivity index (χ3v) is 1.96. The first-order valence-electron chi connectivity index (χ1n) is 4.80. The fourth-order valence-corrected chi connectivity index (χ4v) is 1.12. The zero-order chi connectivity index (χ0) is 11.0. The molecule has 0 N–H and O–H groups in total. The monoisotopic (exact) mass is 199 g/mol. The average molecular weight is 199 g/mol. The number of carbonyl (C=O) groups is 3. The average Bonchev–Trinajstić information content (AvgIpc) is 2.10. The summed E-state index contributed by atoms with van der Waals surface area (Å²) in [6, 6.07) is 0. The maximum absolute atomic E-state index is 10.8. The molecule has 0 radical (unpaired) electrons. The van der Waals surface area contributed by atoms with Crippen LogP contribution in [0.2, 0.25) is 0 Å². The molecule has 0 unspecified atom stereocenters. The molecule has 0 aromatic carbocycles. The van der Waals surface area contributed by atoms with Gasteiger partial charge in [-0.15, -0.1) is 0 Å². The standard InChI is InChI=1S/C10H17NO3/c1-9(13)6-4-3-5-7-11(8-12)10(2)14/h8H,3-7H2,1-2H3. The molecule has 4 heteroatoms. The quantitative estimate of drug-likeness (QED) is 0.456. The molecule has 0 aromatic heterocycles. The molecule has 0 saturated heterocycles. The highest BCUT2D eigenvalue weighted by Crippen LogP contribution is 2.01. The van der Waals surface area contributed by atoms with Crippen molar-refractivity contribution in [1.29, 1.82) is 0 Å². The van der Waals surface area contributed by atoms with E-state index in [-0.39, 0.29) is 11.7 Å². The van der Waals surface area contributed by atoms with Crippen LogP contribution in [0.15, 0.2) is 0 Å². The Bertz CT molecular complexity index is 213. The second-order valence-corrected chi connectivity index (χ2v) is 3.33. The summed E-state index contributed by atoms with van der Waals surface area (Å²) in [6.45, 7) is 3.38. The van der Waals surface area contributed by atoms with Gasteiger partial charge in [-0.1, -0.05) is 6.42 Å². The first-order chi connectivity index (χ1) is 6.57. The Morgan fingerprint density at radius 2 is 1.79 bits per heavy atom. The van der Waals surface area contributed by atoms with Crippen LogP contribution in [0, 0.1) is 0 Å². The van der Waals surface area contributed by atoms with E-state index in [0.717, 1.165) is 24.2 Å². The highest BCUT2D eigenvalue weighted by molar-refractivity contribution is 5.83. The number of imide groups is 1. The Morgan fingerprint density at radius 1 is 1.14 bits per heavy atom. The normalized spacial score (nSPS) is 9.57. The van der Waals surface area contributed by atoms with Gasteiger partial charge in [-0.25, -0.2) is 0 Å². The number of carbonyl (C=O) groups excluding carboxylic acids is 3. The Morgan fingerprint density at radius 3 is 2.21 bits per heavy atom. The number of amides is 2. The SMILES string of the molecule is CC(=O)CCCCCN(C=O)C(C)=O. The number of hydrogen-bond donors (Lipinski definition) is 0. The second kappa shape index (κ2) is 7.24. The Labute approximate surface area is 84.3 Å². The van der Waals surface area contributed by atoms with Crippen molar-refractivity contribution in [3.63, 3.8) is 0 Å². The van der Waals surface area contributed by atoms with Gasteiger partial charge in [0.2, 0.25) is 12.3 Å². The van der Waals surface area contributed by atoms with Gasteiger partial charge in [0.15, 0.2) is 0 Å². The summed E-state index contributed by atoms with van der Waals surface area (Å²) in [4.78, 5) is 32.9. The number of nitrogens with zero attached hydrogens (tertiary/aromatic N) is 1. The number of ketones is 1. The van der Waals surface area contributed by atoms with Crippen LogP contribution in [0.3, 0.4) is 0 Å². The number of rotatable bonds is 7. The van der Waals surface area contributed by atoms with Crippen LogP contribution < -0.4 is 0 Å². The van der Waals surface area contributed by atoms with Gasteiger partial charge in [0.05, 0.1) is 0 Å². The zero-order valence-corrected chi connectivity index (χ0v) is 8.78. The van der Waals surface area contributed by atoms with Crippen molar-refractivity contribution >= 4 is 18.1 Å². The van der Waals surface area contributed by atoms with Gasteiger partial charge in [-0.05, 0) is 19.8 Å². The summed E-state index contributed by atoms with van der Waals surface area (Å²) in [7, 11) is 0. The molecule has 0 aliphatic carbocycles. The first-order valence-corrected chi connectivity index (χ1v) is 4.80. The van der Waals surface area contributed by atoms with Crippen LogP contribution in [0.4, 0.5) is 0 Å². The molecule has 0 saturated carbocycles. The van der Waals surface area contributed by atoms with E-state index in [0.29, 0.717) is 19.4 Å². The van der Waals surface area contributed by atoms with E-state index in [9.17, 15) is 14.4 Å².